The van der Waals surface area contributed by atoms with Crippen molar-refractivity contribution in [2.24, 2.45) is 22.4 Å². The Hall–Kier alpha value is -3.08. The monoisotopic (exact) mass is 409 g/mol. The molecule has 1 aromatic heterocycles. The Kier molecular flexibility index (Phi) is 4.24. The van der Waals surface area contributed by atoms with Crippen LogP contribution in [0.5, 0.6) is 0 Å². The molecule has 0 spiro atoms. The van der Waals surface area contributed by atoms with E-state index >= 15 is 0 Å². The lowest BCUT2D eigenvalue weighted by Crippen LogP contribution is -2.45. The van der Waals surface area contributed by atoms with Gasteiger partial charge in [0.2, 0.25) is 5.91 Å². The first kappa shape index (κ1) is 18.9. The molecule has 1 aromatic carbocycles. The molecule has 2 bridgehead atoms. The maximum Gasteiger partial charge on any atom is 0.249 e. The van der Waals surface area contributed by atoms with Crippen LogP contribution < -0.4 is 0 Å². The first-order valence-electron chi connectivity index (χ1n) is 10.1. The van der Waals surface area contributed by atoms with Gasteiger partial charge in [-0.25, -0.2) is 13.8 Å². The number of hydrogen-bond donors (Lipinski definition) is 0. The second kappa shape index (κ2) is 6.73. The van der Waals surface area contributed by atoms with Crippen LogP contribution in [0.15, 0.2) is 35.7 Å². The molecule has 8 heteroatoms. The summed E-state index contributed by atoms with van der Waals surface area (Å²) in [7, 11) is 0. The fourth-order valence-corrected chi connectivity index (χ4v) is 5.47. The Balaban J connectivity index is 1.34. The van der Waals surface area contributed by atoms with Crippen LogP contribution in [0.4, 0.5) is 8.78 Å². The van der Waals surface area contributed by atoms with E-state index in [1.807, 2.05) is 6.92 Å². The molecule has 1 aliphatic heterocycles. The van der Waals surface area contributed by atoms with E-state index in [4.69, 9.17) is 5.26 Å². The van der Waals surface area contributed by atoms with Crippen molar-refractivity contribution in [3.05, 3.63) is 53.4 Å². The molecular formula is C22H21F2N5O. The molecule has 2 aromatic rings. The molecule has 3 fully saturated rings. The van der Waals surface area contributed by atoms with Gasteiger partial charge >= 0.3 is 0 Å². The number of benzene rings is 1. The molecule has 0 saturated heterocycles. The lowest BCUT2D eigenvalue weighted by Gasteiger charge is -2.40. The van der Waals surface area contributed by atoms with Gasteiger partial charge in [-0.3, -0.25) is 9.48 Å². The smallest absolute Gasteiger partial charge is 0.249 e. The zero-order chi connectivity index (χ0) is 21.0. The van der Waals surface area contributed by atoms with E-state index in [-0.39, 0.29) is 5.91 Å². The Morgan fingerprint density at radius 2 is 2.00 bits per heavy atom. The quantitative estimate of drug-likeness (QED) is 0.771. The van der Waals surface area contributed by atoms with Crippen molar-refractivity contribution in [1.82, 2.24) is 14.8 Å². The Morgan fingerprint density at radius 3 is 2.67 bits per heavy atom. The second-order valence-corrected chi connectivity index (χ2v) is 8.88. The minimum atomic E-state index is -0.652. The normalized spacial score (nSPS) is 29.5. The molecular weight excluding hydrogens is 388 g/mol. The predicted molar refractivity (Wildman–Crippen MR) is 104 cm³/mol. The van der Waals surface area contributed by atoms with Crippen molar-refractivity contribution in [2.75, 3.05) is 0 Å². The van der Waals surface area contributed by atoms with Crippen molar-refractivity contribution < 1.29 is 13.6 Å². The first-order valence-corrected chi connectivity index (χ1v) is 10.1. The number of hydrazone groups is 1. The molecule has 1 unspecified atom stereocenters. The number of aromatic nitrogens is 2. The summed E-state index contributed by atoms with van der Waals surface area (Å²) in [5.41, 5.74) is 1.28. The van der Waals surface area contributed by atoms with Crippen LogP contribution in [-0.2, 0) is 11.3 Å². The summed E-state index contributed by atoms with van der Waals surface area (Å²) < 4.78 is 29.3. The predicted octanol–water partition coefficient (Wildman–Crippen LogP) is 3.80. The third-order valence-electron chi connectivity index (χ3n) is 6.80. The average molecular weight is 409 g/mol. The van der Waals surface area contributed by atoms with E-state index in [1.165, 1.54) is 17.1 Å². The summed E-state index contributed by atoms with van der Waals surface area (Å²) in [4.78, 5) is 13.5. The van der Waals surface area contributed by atoms with E-state index in [2.05, 4.69) is 16.3 Å². The lowest BCUT2D eigenvalue weighted by molar-refractivity contribution is -0.148. The van der Waals surface area contributed by atoms with Crippen LogP contribution in [0.1, 0.15) is 49.8 Å². The van der Waals surface area contributed by atoms with E-state index in [9.17, 15) is 13.6 Å². The first-order chi connectivity index (χ1) is 14.4. The molecule has 2 heterocycles. The maximum absolute atomic E-state index is 13.8. The standard InChI is InChI=1S/C22H21F2N5O/c1-13-2-20(15-3-18(23)5-19(24)4-15)29(27-13)21(30)22-6-16(7-22)17(8-22)12-28-11-14(9-25)10-26-28/h3-5,10-11,16-17,20H,2,6-8,12H2,1H3/t16?,17-,20?,22?/m0/s1. The zero-order valence-electron chi connectivity index (χ0n) is 16.6. The van der Waals surface area contributed by atoms with Gasteiger partial charge < -0.3 is 0 Å². The molecule has 0 radical (unpaired) electrons. The Bertz CT molecular complexity index is 1070. The van der Waals surface area contributed by atoms with Crippen LogP contribution in [0.3, 0.4) is 0 Å². The third kappa shape index (κ3) is 3.00. The number of fused-ring (bicyclic) bond motifs is 1. The molecule has 0 N–H and O–H groups in total. The molecule has 154 valence electrons. The van der Waals surface area contributed by atoms with Gasteiger partial charge in [0, 0.05) is 30.9 Å². The molecule has 6 nitrogen and oxygen atoms in total. The Labute approximate surface area is 172 Å². The summed E-state index contributed by atoms with van der Waals surface area (Å²) in [5.74, 6) is -0.591. The fraction of sp³-hybridized carbons (Fsp3) is 0.455. The molecule has 6 rings (SSSR count). The topological polar surface area (TPSA) is 74.3 Å². The van der Waals surface area contributed by atoms with Crippen LogP contribution in [0.25, 0.3) is 0 Å². The molecule has 1 amide bonds. The van der Waals surface area contributed by atoms with Crippen molar-refractivity contribution >= 4 is 11.6 Å². The number of nitriles is 1. The van der Waals surface area contributed by atoms with Crippen LogP contribution in [-0.4, -0.2) is 26.4 Å². The number of carbonyl (C=O) groups excluding carboxylic acids is 1. The second-order valence-electron chi connectivity index (χ2n) is 8.88. The zero-order valence-corrected chi connectivity index (χ0v) is 16.6. The summed E-state index contributed by atoms with van der Waals surface area (Å²) in [6, 6.07) is 5.01. The SMILES string of the molecule is CC1=NN(C(=O)C23CC(C2)[C@H](Cn2cc(C#N)cn2)C3)C(c2cc(F)cc(F)c2)C1. The van der Waals surface area contributed by atoms with Crippen molar-refractivity contribution in [1.29, 1.82) is 5.26 Å². The van der Waals surface area contributed by atoms with E-state index in [0.717, 1.165) is 31.0 Å². The van der Waals surface area contributed by atoms with Gasteiger partial charge in [0.15, 0.2) is 0 Å². The number of amides is 1. The van der Waals surface area contributed by atoms with E-state index in [0.29, 0.717) is 35.9 Å². The summed E-state index contributed by atoms with van der Waals surface area (Å²) in [5, 5.41) is 19.1. The number of rotatable bonds is 4. The van der Waals surface area contributed by atoms with Crippen LogP contribution in [0.2, 0.25) is 0 Å². The van der Waals surface area contributed by atoms with E-state index in [1.54, 1.807) is 17.1 Å². The molecule has 4 aliphatic rings. The molecule has 3 aliphatic carbocycles. The van der Waals surface area contributed by atoms with Crippen molar-refractivity contribution in [2.45, 2.75) is 45.2 Å². The van der Waals surface area contributed by atoms with Crippen molar-refractivity contribution in [3.8, 4) is 6.07 Å². The number of nitrogens with zero attached hydrogens (tertiary/aromatic N) is 5. The van der Waals surface area contributed by atoms with Gasteiger partial charge in [-0.1, -0.05) is 0 Å². The van der Waals surface area contributed by atoms with E-state index < -0.39 is 23.1 Å². The highest BCUT2D eigenvalue weighted by Gasteiger charge is 2.62. The van der Waals surface area contributed by atoms with Crippen LogP contribution >= 0.6 is 0 Å². The highest BCUT2D eigenvalue weighted by atomic mass is 19.1. The van der Waals surface area contributed by atoms with Gasteiger partial charge in [0.25, 0.3) is 0 Å². The van der Waals surface area contributed by atoms with Gasteiger partial charge in [-0.2, -0.15) is 15.5 Å². The highest BCUT2D eigenvalue weighted by Crippen LogP contribution is 2.63. The van der Waals surface area contributed by atoms with Crippen molar-refractivity contribution in [3.63, 3.8) is 0 Å². The van der Waals surface area contributed by atoms with Gasteiger partial charge in [-0.05, 0) is 55.7 Å². The molecule has 3 saturated carbocycles. The average Bonchev–Trinajstić information content (AvgIpc) is 3.42. The molecule has 30 heavy (non-hydrogen) atoms. The number of halogens is 2. The Morgan fingerprint density at radius 1 is 1.27 bits per heavy atom. The largest absolute Gasteiger partial charge is 0.272 e. The lowest BCUT2D eigenvalue weighted by atomic mass is 9.68. The van der Waals surface area contributed by atoms with Gasteiger partial charge in [-0.15, -0.1) is 0 Å². The summed E-state index contributed by atoms with van der Waals surface area (Å²) in [6.45, 7) is 2.52. The summed E-state index contributed by atoms with van der Waals surface area (Å²) in [6.07, 6.45) is 6.10. The minimum Gasteiger partial charge on any atom is -0.272 e. The highest BCUT2D eigenvalue weighted by molar-refractivity contribution is 5.91. The third-order valence-corrected chi connectivity index (χ3v) is 6.80. The maximum atomic E-state index is 13.8. The van der Waals surface area contributed by atoms with Gasteiger partial charge in [0.1, 0.15) is 17.7 Å². The molecule has 2 atom stereocenters. The fourth-order valence-electron chi connectivity index (χ4n) is 5.47. The minimum absolute atomic E-state index is 0.0500. The number of hydrogen-bond acceptors (Lipinski definition) is 4. The van der Waals surface area contributed by atoms with Gasteiger partial charge in [0.05, 0.1) is 23.2 Å². The van der Waals surface area contributed by atoms with Crippen LogP contribution in [0, 0.1) is 40.2 Å². The number of carbonyl (C=O) groups is 1. The summed E-state index contributed by atoms with van der Waals surface area (Å²) >= 11 is 0.